The lowest BCUT2D eigenvalue weighted by Crippen LogP contribution is -2.45. The number of anilines is 1. The molecule has 6 heteroatoms. The van der Waals surface area contributed by atoms with Gasteiger partial charge in [0, 0.05) is 0 Å². The monoisotopic (exact) mass is 348 g/mol. The topological polar surface area (TPSA) is 60.2 Å². The van der Waals surface area contributed by atoms with Crippen molar-refractivity contribution in [3.05, 3.63) is 72.1 Å². The van der Waals surface area contributed by atoms with Gasteiger partial charge in [-0.05, 0) is 24.1 Å². The van der Waals surface area contributed by atoms with E-state index in [4.69, 9.17) is 4.74 Å². The highest BCUT2D eigenvalue weighted by Gasteiger charge is 2.33. The first-order chi connectivity index (χ1) is 12.7. The molecule has 26 heavy (non-hydrogen) atoms. The zero-order valence-corrected chi connectivity index (χ0v) is 14.6. The molecule has 1 amide bonds. The van der Waals surface area contributed by atoms with Crippen LogP contribution in [0.25, 0.3) is 0 Å². The smallest absolute Gasteiger partial charge is 0.268 e. The fourth-order valence-electron chi connectivity index (χ4n) is 3.12. The van der Waals surface area contributed by atoms with E-state index in [2.05, 4.69) is 22.4 Å². The quantitative estimate of drug-likeness (QED) is 0.711. The Bertz CT molecular complexity index is 907. The van der Waals surface area contributed by atoms with E-state index >= 15 is 0 Å². The van der Waals surface area contributed by atoms with Crippen LogP contribution in [0.15, 0.2) is 60.8 Å². The Labute approximate surface area is 152 Å². The summed E-state index contributed by atoms with van der Waals surface area (Å²) in [6.45, 7) is 2.98. The summed E-state index contributed by atoms with van der Waals surface area (Å²) in [4.78, 5) is 14.5. The Morgan fingerprint density at radius 1 is 1.04 bits per heavy atom. The van der Waals surface area contributed by atoms with Gasteiger partial charge in [-0.15, -0.1) is 5.10 Å². The molecular formula is C20H20N4O2. The lowest BCUT2D eigenvalue weighted by molar-refractivity contribution is -0.126. The van der Waals surface area contributed by atoms with Crippen LogP contribution >= 0.6 is 0 Å². The van der Waals surface area contributed by atoms with Crippen molar-refractivity contribution in [1.29, 1.82) is 0 Å². The van der Waals surface area contributed by atoms with Gasteiger partial charge in [-0.2, -0.15) is 0 Å². The average molecular weight is 348 g/mol. The molecule has 0 spiro atoms. The molecule has 4 rings (SSSR count). The second kappa shape index (κ2) is 7.00. The third-order valence-corrected chi connectivity index (χ3v) is 4.43. The number of amides is 1. The van der Waals surface area contributed by atoms with Gasteiger partial charge in [0.25, 0.3) is 5.91 Å². The minimum Gasteiger partial charge on any atom is -0.478 e. The summed E-state index contributed by atoms with van der Waals surface area (Å²) in [6, 6.07) is 17.7. The van der Waals surface area contributed by atoms with Gasteiger partial charge in [0.15, 0.2) is 6.10 Å². The van der Waals surface area contributed by atoms with Crippen LogP contribution in [0.1, 0.15) is 24.6 Å². The summed E-state index contributed by atoms with van der Waals surface area (Å²) in [7, 11) is 0. The Morgan fingerprint density at radius 2 is 1.81 bits per heavy atom. The molecule has 2 aromatic carbocycles. The number of carbonyl (C=O) groups is 1. The number of ether oxygens (including phenoxy) is 1. The van der Waals surface area contributed by atoms with Crippen LogP contribution < -0.4 is 9.64 Å². The maximum atomic E-state index is 12.8. The summed E-state index contributed by atoms with van der Waals surface area (Å²) in [6.07, 6.45) is 2.06. The molecule has 132 valence electrons. The summed E-state index contributed by atoms with van der Waals surface area (Å²) >= 11 is 0. The minimum atomic E-state index is -0.454. The number of rotatable bonds is 5. The zero-order chi connectivity index (χ0) is 17.9. The van der Waals surface area contributed by atoms with Gasteiger partial charge in [-0.3, -0.25) is 9.69 Å². The van der Waals surface area contributed by atoms with E-state index < -0.39 is 6.10 Å². The van der Waals surface area contributed by atoms with Crippen LogP contribution in [0.2, 0.25) is 0 Å². The molecule has 1 atom stereocenters. The molecule has 0 aliphatic carbocycles. The normalized spacial score (nSPS) is 16.3. The summed E-state index contributed by atoms with van der Waals surface area (Å²) < 4.78 is 7.60. The van der Waals surface area contributed by atoms with E-state index in [1.54, 1.807) is 9.58 Å². The standard InChI is InChI=1S/C20H20N4O2/c1-2-18-20(25)24(17-10-6-7-11-19(17)26-18)14-16-13-23(22-21-16)12-15-8-4-3-5-9-15/h3-11,13,18H,2,12,14H2,1H3. The zero-order valence-electron chi connectivity index (χ0n) is 14.6. The number of carbonyl (C=O) groups excluding carboxylic acids is 1. The van der Waals surface area contributed by atoms with E-state index in [1.165, 1.54) is 0 Å². The van der Waals surface area contributed by atoms with E-state index in [1.807, 2.05) is 55.6 Å². The van der Waals surface area contributed by atoms with Crippen molar-refractivity contribution in [3.63, 3.8) is 0 Å². The molecule has 6 nitrogen and oxygen atoms in total. The molecule has 1 aliphatic rings. The Hall–Kier alpha value is -3.15. The van der Waals surface area contributed by atoms with Crippen LogP contribution in [0, 0.1) is 0 Å². The summed E-state index contributed by atoms with van der Waals surface area (Å²) in [5, 5.41) is 8.44. The molecule has 0 saturated heterocycles. The molecule has 0 N–H and O–H groups in total. The van der Waals surface area contributed by atoms with Crippen LogP contribution in [-0.2, 0) is 17.9 Å². The number of para-hydroxylation sites is 2. The molecule has 1 aliphatic heterocycles. The molecule has 3 aromatic rings. The predicted molar refractivity (Wildman–Crippen MR) is 97.9 cm³/mol. The predicted octanol–water partition coefficient (Wildman–Crippen LogP) is 3.03. The van der Waals surface area contributed by atoms with Gasteiger partial charge < -0.3 is 4.74 Å². The lowest BCUT2D eigenvalue weighted by atomic mass is 10.1. The van der Waals surface area contributed by atoms with Crippen molar-refractivity contribution in [2.45, 2.75) is 32.5 Å². The van der Waals surface area contributed by atoms with Crippen molar-refractivity contribution in [2.24, 2.45) is 0 Å². The maximum absolute atomic E-state index is 12.8. The van der Waals surface area contributed by atoms with E-state index in [0.29, 0.717) is 19.5 Å². The van der Waals surface area contributed by atoms with E-state index in [-0.39, 0.29) is 5.91 Å². The molecule has 2 heterocycles. The summed E-state index contributed by atoms with van der Waals surface area (Å²) in [5.74, 6) is 0.694. The van der Waals surface area contributed by atoms with Crippen molar-refractivity contribution in [2.75, 3.05) is 4.90 Å². The second-order valence-electron chi connectivity index (χ2n) is 6.30. The fourth-order valence-corrected chi connectivity index (χ4v) is 3.12. The molecule has 1 unspecified atom stereocenters. The van der Waals surface area contributed by atoms with Crippen molar-refractivity contribution >= 4 is 11.6 Å². The number of aromatic nitrogens is 3. The molecule has 0 fully saturated rings. The Morgan fingerprint density at radius 3 is 2.62 bits per heavy atom. The Balaban J connectivity index is 1.56. The van der Waals surface area contributed by atoms with Crippen LogP contribution in [0.3, 0.4) is 0 Å². The number of hydrogen-bond acceptors (Lipinski definition) is 4. The number of nitrogens with zero attached hydrogens (tertiary/aromatic N) is 4. The lowest BCUT2D eigenvalue weighted by Gasteiger charge is -2.33. The fraction of sp³-hybridized carbons (Fsp3) is 0.250. The van der Waals surface area contributed by atoms with Crippen molar-refractivity contribution in [3.8, 4) is 5.75 Å². The highest BCUT2D eigenvalue weighted by Crippen LogP contribution is 2.35. The average Bonchev–Trinajstić information content (AvgIpc) is 3.11. The van der Waals surface area contributed by atoms with E-state index in [9.17, 15) is 4.79 Å². The van der Waals surface area contributed by atoms with Gasteiger partial charge in [-0.25, -0.2) is 4.68 Å². The molecular weight excluding hydrogens is 328 g/mol. The van der Waals surface area contributed by atoms with Gasteiger partial charge in [-0.1, -0.05) is 54.6 Å². The second-order valence-corrected chi connectivity index (χ2v) is 6.30. The van der Waals surface area contributed by atoms with E-state index in [0.717, 1.165) is 22.7 Å². The number of fused-ring (bicyclic) bond motifs is 1. The number of hydrogen-bond donors (Lipinski definition) is 0. The van der Waals surface area contributed by atoms with Crippen LogP contribution in [0.4, 0.5) is 5.69 Å². The minimum absolute atomic E-state index is 0.0381. The largest absolute Gasteiger partial charge is 0.478 e. The third-order valence-electron chi connectivity index (χ3n) is 4.43. The maximum Gasteiger partial charge on any atom is 0.268 e. The molecule has 0 radical (unpaired) electrons. The van der Waals surface area contributed by atoms with Crippen LogP contribution in [-0.4, -0.2) is 27.0 Å². The first-order valence-electron chi connectivity index (χ1n) is 8.74. The molecule has 1 aromatic heterocycles. The highest BCUT2D eigenvalue weighted by molar-refractivity contribution is 5.99. The van der Waals surface area contributed by atoms with Crippen molar-refractivity contribution in [1.82, 2.24) is 15.0 Å². The first-order valence-corrected chi connectivity index (χ1v) is 8.74. The van der Waals surface area contributed by atoms with Crippen molar-refractivity contribution < 1.29 is 9.53 Å². The molecule has 0 bridgehead atoms. The highest BCUT2D eigenvalue weighted by atomic mass is 16.5. The van der Waals surface area contributed by atoms with Gasteiger partial charge in [0.05, 0.1) is 25.0 Å². The molecule has 0 saturated carbocycles. The SMILES string of the molecule is CCC1Oc2ccccc2N(Cc2cn(Cc3ccccc3)nn2)C1=O. The third kappa shape index (κ3) is 3.18. The van der Waals surface area contributed by atoms with Gasteiger partial charge in [0.1, 0.15) is 11.4 Å². The summed E-state index contributed by atoms with van der Waals surface area (Å²) in [5.41, 5.74) is 2.68. The van der Waals surface area contributed by atoms with Gasteiger partial charge >= 0.3 is 0 Å². The first kappa shape index (κ1) is 16.3. The van der Waals surface area contributed by atoms with Gasteiger partial charge in [0.2, 0.25) is 0 Å². The number of benzene rings is 2. The Kier molecular flexibility index (Phi) is 4.39. The van der Waals surface area contributed by atoms with Crippen LogP contribution in [0.5, 0.6) is 5.75 Å².